The molecule has 1 amide bonds. The first kappa shape index (κ1) is 19.9. The van der Waals surface area contributed by atoms with Crippen LogP contribution in [0.25, 0.3) is 0 Å². The maximum Gasteiger partial charge on any atom is 0.223 e. The standard InChI is InChI=1S/C22H25FN2O3/c1-16(26)18-6-9-21(20(23)15-18)24-11-13-25(14-12-24)22(27)10-5-17-3-7-19(28-2)8-4-17/h3-4,6-9,15H,5,10-14H2,1-2H3. The monoisotopic (exact) mass is 384 g/mol. The smallest absolute Gasteiger partial charge is 0.223 e. The zero-order valence-corrected chi connectivity index (χ0v) is 16.3. The molecule has 0 unspecified atom stereocenters. The quantitative estimate of drug-likeness (QED) is 0.717. The van der Waals surface area contributed by atoms with Gasteiger partial charge in [0.15, 0.2) is 5.78 Å². The molecule has 2 aromatic carbocycles. The minimum atomic E-state index is -0.396. The second-order valence-corrected chi connectivity index (χ2v) is 6.94. The number of carbonyl (C=O) groups is 2. The Kier molecular flexibility index (Phi) is 6.29. The van der Waals surface area contributed by atoms with E-state index in [1.54, 1.807) is 19.2 Å². The van der Waals surface area contributed by atoms with Crippen LogP contribution >= 0.6 is 0 Å². The van der Waals surface area contributed by atoms with Crippen molar-refractivity contribution in [1.29, 1.82) is 0 Å². The lowest BCUT2D eigenvalue weighted by atomic mass is 10.1. The van der Waals surface area contributed by atoms with Crippen molar-refractivity contribution in [3.05, 3.63) is 59.4 Å². The Morgan fingerprint density at radius 3 is 2.29 bits per heavy atom. The Hall–Kier alpha value is -2.89. The predicted molar refractivity (Wildman–Crippen MR) is 107 cm³/mol. The number of Topliss-reactive ketones (excluding diaryl/α,β-unsaturated/α-hetero) is 1. The van der Waals surface area contributed by atoms with Gasteiger partial charge in [-0.3, -0.25) is 9.59 Å². The molecule has 1 heterocycles. The van der Waals surface area contributed by atoms with Gasteiger partial charge < -0.3 is 14.5 Å². The molecule has 6 heteroatoms. The molecule has 0 aliphatic carbocycles. The highest BCUT2D eigenvalue weighted by Crippen LogP contribution is 2.22. The molecule has 0 bridgehead atoms. The SMILES string of the molecule is COc1ccc(CCC(=O)N2CCN(c3ccc(C(C)=O)cc3F)CC2)cc1. The third-order valence-corrected chi connectivity index (χ3v) is 5.11. The number of ketones is 1. The maximum absolute atomic E-state index is 14.3. The van der Waals surface area contributed by atoms with Gasteiger partial charge in [-0.05, 0) is 49.2 Å². The lowest BCUT2D eigenvalue weighted by molar-refractivity contribution is -0.131. The summed E-state index contributed by atoms with van der Waals surface area (Å²) in [6, 6.07) is 12.3. The predicted octanol–water partition coefficient (Wildman–Crippen LogP) is 3.32. The second-order valence-electron chi connectivity index (χ2n) is 6.94. The first-order valence-corrected chi connectivity index (χ1v) is 9.44. The fourth-order valence-corrected chi connectivity index (χ4v) is 3.38. The van der Waals surface area contributed by atoms with Crippen molar-refractivity contribution in [3.63, 3.8) is 0 Å². The lowest BCUT2D eigenvalue weighted by Crippen LogP contribution is -2.49. The Morgan fingerprint density at radius 1 is 1.04 bits per heavy atom. The molecule has 28 heavy (non-hydrogen) atoms. The Morgan fingerprint density at radius 2 is 1.71 bits per heavy atom. The molecule has 0 radical (unpaired) electrons. The summed E-state index contributed by atoms with van der Waals surface area (Å²) in [6.45, 7) is 3.70. The van der Waals surface area contributed by atoms with Gasteiger partial charge in [0.1, 0.15) is 11.6 Å². The van der Waals surface area contributed by atoms with Crippen molar-refractivity contribution in [3.8, 4) is 5.75 Å². The van der Waals surface area contributed by atoms with E-state index < -0.39 is 5.82 Å². The zero-order valence-electron chi connectivity index (χ0n) is 16.3. The lowest BCUT2D eigenvalue weighted by Gasteiger charge is -2.36. The first-order valence-electron chi connectivity index (χ1n) is 9.44. The Balaban J connectivity index is 1.51. The summed E-state index contributed by atoms with van der Waals surface area (Å²) in [5.41, 5.74) is 1.95. The van der Waals surface area contributed by atoms with E-state index in [4.69, 9.17) is 4.74 Å². The summed E-state index contributed by atoms with van der Waals surface area (Å²) in [5, 5.41) is 0. The van der Waals surface area contributed by atoms with Crippen molar-refractivity contribution in [1.82, 2.24) is 4.90 Å². The topological polar surface area (TPSA) is 49.9 Å². The molecule has 1 aliphatic rings. The summed E-state index contributed by atoms with van der Waals surface area (Å²) < 4.78 is 19.5. The van der Waals surface area contributed by atoms with E-state index in [0.29, 0.717) is 50.3 Å². The largest absolute Gasteiger partial charge is 0.497 e. The van der Waals surface area contributed by atoms with Gasteiger partial charge in [-0.2, -0.15) is 0 Å². The van der Waals surface area contributed by atoms with Gasteiger partial charge >= 0.3 is 0 Å². The van der Waals surface area contributed by atoms with E-state index in [9.17, 15) is 14.0 Å². The van der Waals surface area contributed by atoms with Crippen molar-refractivity contribution in [2.45, 2.75) is 19.8 Å². The van der Waals surface area contributed by atoms with Gasteiger partial charge in [-0.25, -0.2) is 4.39 Å². The van der Waals surface area contributed by atoms with Crippen LogP contribution < -0.4 is 9.64 Å². The Labute approximate surface area is 164 Å². The number of methoxy groups -OCH3 is 1. The number of hydrogen-bond acceptors (Lipinski definition) is 4. The molecule has 0 atom stereocenters. The summed E-state index contributed by atoms with van der Waals surface area (Å²) in [7, 11) is 1.63. The third kappa shape index (κ3) is 4.68. The van der Waals surface area contributed by atoms with E-state index in [0.717, 1.165) is 11.3 Å². The summed E-state index contributed by atoms with van der Waals surface area (Å²) >= 11 is 0. The molecule has 1 saturated heterocycles. The number of piperazine rings is 1. The zero-order chi connectivity index (χ0) is 20.1. The van der Waals surface area contributed by atoms with Gasteiger partial charge in [0, 0.05) is 38.2 Å². The molecule has 5 nitrogen and oxygen atoms in total. The van der Waals surface area contributed by atoms with Gasteiger partial charge in [0.2, 0.25) is 5.91 Å². The van der Waals surface area contributed by atoms with Crippen LogP contribution in [0.3, 0.4) is 0 Å². The minimum Gasteiger partial charge on any atom is -0.497 e. The van der Waals surface area contributed by atoms with Gasteiger partial charge in [0.05, 0.1) is 12.8 Å². The van der Waals surface area contributed by atoms with Crippen LogP contribution in [0, 0.1) is 5.82 Å². The molecule has 3 rings (SSSR count). The molecule has 0 N–H and O–H groups in total. The number of nitrogens with zero attached hydrogens (tertiary/aromatic N) is 2. The molecule has 0 saturated carbocycles. The van der Waals surface area contributed by atoms with Crippen LogP contribution in [0.2, 0.25) is 0 Å². The molecule has 148 valence electrons. The molecular formula is C22H25FN2O3. The summed E-state index contributed by atoms with van der Waals surface area (Å²) in [6.07, 6.45) is 1.14. The number of rotatable bonds is 6. The normalized spacial score (nSPS) is 14.1. The van der Waals surface area contributed by atoms with Crippen molar-refractivity contribution >= 4 is 17.4 Å². The number of hydrogen-bond donors (Lipinski definition) is 0. The van der Waals surface area contributed by atoms with E-state index in [1.165, 1.54) is 13.0 Å². The van der Waals surface area contributed by atoms with Crippen LogP contribution in [0.4, 0.5) is 10.1 Å². The van der Waals surface area contributed by atoms with Crippen molar-refractivity contribution in [2.24, 2.45) is 0 Å². The van der Waals surface area contributed by atoms with Gasteiger partial charge in [-0.1, -0.05) is 12.1 Å². The van der Waals surface area contributed by atoms with E-state index in [2.05, 4.69) is 0 Å². The average molecular weight is 384 g/mol. The highest BCUT2D eigenvalue weighted by Gasteiger charge is 2.23. The van der Waals surface area contributed by atoms with E-state index in [-0.39, 0.29) is 11.7 Å². The van der Waals surface area contributed by atoms with Crippen LogP contribution in [-0.4, -0.2) is 49.9 Å². The molecule has 0 spiro atoms. The molecule has 1 aliphatic heterocycles. The van der Waals surface area contributed by atoms with Crippen molar-refractivity contribution < 1.29 is 18.7 Å². The number of halogens is 1. The Bertz CT molecular complexity index is 843. The van der Waals surface area contributed by atoms with Crippen LogP contribution in [-0.2, 0) is 11.2 Å². The molecule has 0 aromatic heterocycles. The average Bonchev–Trinajstić information content (AvgIpc) is 2.72. The van der Waals surface area contributed by atoms with Crippen molar-refractivity contribution in [2.75, 3.05) is 38.2 Å². The number of amides is 1. The second kappa shape index (κ2) is 8.87. The van der Waals surface area contributed by atoms with Crippen LogP contribution in [0.5, 0.6) is 5.75 Å². The van der Waals surface area contributed by atoms with Gasteiger partial charge in [0.25, 0.3) is 0 Å². The summed E-state index contributed by atoms with van der Waals surface area (Å²) in [5.74, 6) is 0.363. The number of ether oxygens (including phenoxy) is 1. The summed E-state index contributed by atoms with van der Waals surface area (Å²) in [4.78, 5) is 27.6. The maximum atomic E-state index is 14.3. The van der Waals surface area contributed by atoms with Crippen LogP contribution in [0.1, 0.15) is 29.3 Å². The minimum absolute atomic E-state index is 0.114. The number of anilines is 1. The third-order valence-electron chi connectivity index (χ3n) is 5.11. The van der Waals surface area contributed by atoms with E-state index in [1.807, 2.05) is 34.1 Å². The van der Waals surface area contributed by atoms with Crippen LogP contribution in [0.15, 0.2) is 42.5 Å². The highest BCUT2D eigenvalue weighted by molar-refractivity contribution is 5.94. The first-order chi connectivity index (χ1) is 13.5. The van der Waals surface area contributed by atoms with E-state index >= 15 is 0 Å². The van der Waals surface area contributed by atoms with Gasteiger partial charge in [-0.15, -0.1) is 0 Å². The number of aryl methyl sites for hydroxylation is 1. The molecule has 1 fully saturated rings. The fraction of sp³-hybridized carbons (Fsp3) is 0.364. The molecular weight excluding hydrogens is 359 g/mol. The molecule has 2 aromatic rings. The number of benzene rings is 2. The number of carbonyl (C=O) groups excluding carboxylic acids is 2. The highest BCUT2D eigenvalue weighted by atomic mass is 19.1. The fourth-order valence-electron chi connectivity index (χ4n) is 3.38.